The Hall–Kier alpha value is -1.50. The van der Waals surface area contributed by atoms with Crippen LogP contribution in [0, 0.1) is 6.92 Å². The van der Waals surface area contributed by atoms with Crippen LogP contribution in [0.2, 0.25) is 0 Å². The highest BCUT2D eigenvalue weighted by molar-refractivity contribution is 5.94. The van der Waals surface area contributed by atoms with Crippen LogP contribution in [-0.4, -0.2) is 0 Å². The lowest BCUT2D eigenvalue weighted by Gasteiger charge is -2.22. The van der Waals surface area contributed by atoms with Gasteiger partial charge in [0, 0.05) is 5.69 Å². The third kappa shape index (κ3) is 1.88. The summed E-state index contributed by atoms with van der Waals surface area (Å²) in [5, 5.41) is 2.66. The van der Waals surface area contributed by atoms with Gasteiger partial charge in [-0.05, 0) is 46.2 Å². The minimum Gasteiger partial charge on any atom is -0.398 e. The molecule has 0 heterocycles. The maximum Gasteiger partial charge on any atom is 0.0393 e. The second kappa shape index (κ2) is 4.64. The van der Waals surface area contributed by atoms with E-state index < -0.39 is 0 Å². The van der Waals surface area contributed by atoms with E-state index in [-0.39, 0.29) is 0 Å². The minimum atomic E-state index is 0.452. The first kappa shape index (κ1) is 12.9. The summed E-state index contributed by atoms with van der Waals surface area (Å²) in [7, 11) is 0. The zero-order chi connectivity index (χ0) is 13.4. The van der Waals surface area contributed by atoms with Crippen molar-refractivity contribution < 1.29 is 0 Å². The molecule has 96 valence electrons. The molecule has 0 aromatic heterocycles. The molecule has 1 heteroatoms. The smallest absolute Gasteiger partial charge is 0.0393 e. The fourth-order valence-electron chi connectivity index (χ4n) is 3.05. The van der Waals surface area contributed by atoms with Crippen LogP contribution < -0.4 is 5.73 Å². The van der Waals surface area contributed by atoms with Gasteiger partial charge in [-0.3, -0.25) is 0 Å². The predicted octanol–water partition coefficient (Wildman–Crippen LogP) is 4.98. The number of hydrogen-bond donors (Lipinski definition) is 1. The second-order valence-corrected chi connectivity index (χ2v) is 5.72. The summed E-state index contributed by atoms with van der Waals surface area (Å²) in [5.41, 5.74) is 11.4. The third-order valence-electron chi connectivity index (χ3n) is 3.76. The lowest BCUT2D eigenvalue weighted by molar-refractivity contribution is 0.841. The number of aryl methyl sites for hydroxylation is 1. The van der Waals surface area contributed by atoms with Crippen molar-refractivity contribution in [2.75, 3.05) is 5.73 Å². The Bertz CT molecular complexity index is 580. The van der Waals surface area contributed by atoms with E-state index in [1.165, 1.54) is 27.5 Å². The molecule has 0 saturated carbocycles. The summed E-state index contributed by atoms with van der Waals surface area (Å²) in [5.74, 6) is 0.917. The molecule has 0 amide bonds. The van der Waals surface area contributed by atoms with Crippen LogP contribution in [0.25, 0.3) is 10.8 Å². The molecule has 0 radical (unpaired) electrons. The van der Waals surface area contributed by atoms with Gasteiger partial charge in [0.05, 0.1) is 0 Å². The maximum atomic E-state index is 6.45. The summed E-state index contributed by atoms with van der Waals surface area (Å²) < 4.78 is 0. The van der Waals surface area contributed by atoms with Crippen LogP contribution >= 0.6 is 0 Å². The van der Waals surface area contributed by atoms with Crippen molar-refractivity contribution in [2.45, 2.75) is 46.5 Å². The molecule has 2 N–H and O–H groups in total. The molecule has 0 aliphatic carbocycles. The number of fused-ring (bicyclic) bond motifs is 1. The SMILES string of the molecule is Cc1c(C(C)C)c(N)c(C(C)C)c2ccccc12. The van der Waals surface area contributed by atoms with E-state index in [9.17, 15) is 0 Å². The second-order valence-electron chi connectivity index (χ2n) is 5.72. The van der Waals surface area contributed by atoms with Gasteiger partial charge < -0.3 is 5.73 Å². The normalized spacial score (nSPS) is 11.7. The Morgan fingerprint density at radius 2 is 1.33 bits per heavy atom. The van der Waals surface area contributed by atoms with E-state index in [0.29, 0.717) is 11.8 Å². The van der Waals surface area contributed by atoms with Gasteiger partial charge in [0.1, 0.15) is 0 Å². The molecule has 1 nitrogen and oxygen atoms in total. The number of rotatable bonds is 2. The lowest BCUT2D eigenvalue weighted by Crippen LogP contribution is -2.06. The van der Waals surface area contributed by atoms with Gasteiger partial charge in [0.25, 0.3) is 0 Å². The molecule has 0 atom stereocenters. The van der Waals surface area contributed by atoms with Gasteiger partial charge in [-0.1, -0.05) is 52.0 Å². The summed E-state index contributed by atoms with van der Waals surface area (Å²) in [6.07, 6.45) is 0. The molecule has 0 saturated heterocycles. The molecule has 0 fully saturated rings. The molecule has 0 spiro atoms. The lowest BCUT2D eigenvalue weighted by atomic mass is 9.84. The van der Waals surface area contributed by atoms with Gasteiger partial charge in [-0.2, -0.15) is 0 Å². The van der Waals surface area contributed by atoms with E-state index in [2.05, 4.69) is 58.9 Å². The van der Waals surface area contributed by atoms with Gasteiger partial charge in [0.2, 0.25) is 0 Å². The van der Waals surface area contributed by atoms with Crippen LogP contribution in [0.3, 0.4) is 0 Å². The largest absolute Gasteiger partial charge is 0.398 e. The Kier molecular flexibility index (Phi) is 3.34. The number of nitrogen functional groups attached to an aromatic ring is 1. The summed E-state index contributed by atoms with van der Waals surface area (Å²) in [6, 6.07) is 8.61. The van der Waals surface area contributed by atoms with Crippen LogP contribution in [0.1, 0.15) is 56.2 Å². The Labute approximate surface area is 110 Å². The van der Waals surface area contributed by atoms with Crippen molar-refractivity contribution in [1.29, 1.82) is 0 Å². The molecule has 2 aromatic rings. The van der Waals surface area contributed by atoms with Gasteiger partial charge >= 0.3 is 0 Å². The molecule has 2 aromatic carbocycles. The fraction of sp³-hybridized carbons (Fsp3) is 0.412. The van der Waals surface area contributed by atoms with E-state index >= 15 is 0 Å². The van der Waals surface area contributed by atoms with Crippen LogP contribution in [0.15, 0.2) is 24.3 Å². The minimum absolute atomic E-state index is 0.452. The van der Waals surface area contributed by atoms with Gasteiger partial charge in [-0.25, -0.2) is 0 Å². The first-order chi connectivity index (χ1) is 8.45. The van der Waals surface area contributed by atoms with Crippen molar-refractivity contribution in [3.63, 3.8) is 0 Å². The standard InChI is InChI=1S/C17H23N/c1-10(2)15-12(5)13-8-6-7-9-14(13)16(11(3)4)17(15)18/h6-11H,18H2,1-5H3. The van der Waals surface area contributed by atoms with Crippen molar-refractivity contribution >= 4 is 16.5 Å². The van der Waals surface area contributed by atoms with Crippen molar-refractivity contribution in [1.82, 2.24) is 0 Å². The van der Waals surface area contributed by atoms with Crippen molar-refractivity contribution in [2.24, 2.45) is 0 Å². The Morgan fingerprint density at radius 1 is 0.833 bits per heavy atom. The van der Waals surface area contributed by atoms with Crippen LogP contribution in [0.4, 0.5) is 5.69 Å². The quantitative estimate of drug-likeness (QED) is 0.737. The zero-order valence-corrected chi connectivity index (χ0v) is 12.0. The number of hydrogen-bond acceptors (Lipinski definition) is 1. The molecular weight excluding hydrogens is 218 g/mol. The highest BCUT2D eigenvalue weighted by atomic mass is 14.6. The van der Waals surface area contributed by atoms with E-state index in [1.807, 2.05) is 0 Å². The molecule has 2 rings (SSSR count). The highest BCUT2D eigenvalue weighted by Crippen LogP contribution is 2.39. The number of nitrogens with two attached hydrogens (primary N) is 1. The predicted molar refractivity (Wildman–Crippen MR) is 81.3 cm³/mol. The Balaban J connectivity index is 2.97. The number of benzene rings is 2. The maximum absolute atomic E-state index is 6.45. The third-order valence-corrected chi connectivity index (χ3v) is 3.76. The van der Waals surface area contributed by atoms with Crippen LogP contribution in [0.5, 0.6) is 0 Å². The Morgan fingerprint density at radius 3 is 1.83 bits per heavy atom. The topological polar surface area (TPSA) is 26.0 Å². The average Bonchev–Trinajstić information content (AvgIpc) is 2.28. The van der Waals surface area contributed by atoms with Gasteiger partial charge in [-0.15, -0.1) is 0 Å². The monoisotopic (exact) mass is 241 g/mol. The fourth-order valence-corrected chi connectivity index (χ4v) is 3.05. The molecular formula is C17H23N. The van der Waals surface area contributed by atoms with Crippen molar-refractivity contribution in [3.05, 3.63) is 41.0 Å². The summed E-state index contributed by atoms with van der Waals surface area (Å²) >= 11 is 0. The summed E-state index contributed by atoms with van der Waals surface area (Å²) in [4.78, 5) is 0. The molecule has 0 aliphatic rings. The van der Waals surface area contributed by atoms with E-state index in [4.69, 9.17) is 5.73 Å². The molecule has 0 bridgehead atoms. The average molecular weight is 241 g/mol. The summed E-state index contributed by atoms with van der Waals surface area (Å²) in [6.45, 7) is 11.1. The van der Waals surface area contributed by atoms with Crippen LogP contribution in [-0.2, 0) is 0 Å². The van der Waals surface area contributed by atoms with Gasteiger partial charge in [0.15, 0.2) is 0 Å². The molecule has 0 unspecified atom stereocenters. The molecule has 18 heavy (non-hydrogen) atoms. The highest BCUT2D eigenvalue weighted by Gasteiger charge is 2.18. The number of anilines is 1. The first-order valence-corrected chi connectivity index (χ1v) is 6.75. The zero-order valence-electron chi connectivity index (χ0n) is 12.0. The molecule has 0 aliphatic heterocycles. The van der Waals surface area contributed by atoms with E-state index in [1.54, 1.807) is 0 Å². The first-order valence-electron chi connectivity index (χ1n) is 6.75. The van der Waals surface area contributed by atoms with Crippen molar-refractivity contribution in [3.8, 4) is 0 Å². The van der Waals surface area contributed by atoms with E-state index in [0.717, 1.165) is 5.69 Å².